The van der Waals surface area contributed by atoms with Gasteiger partial charge >= 0.3 is 0 Å². The van der Waals surface area contributed by atoms with Crippen LogP contribution in [0, 0.1) is 12.3 Å². The lowest BCUT2D eigenvalue weighted by molar-refractivity contribution is 0.105. The second kappa shape index (κ2) is 3.63. The predicted molar refractivity (Wildman–Crippen MR) is 58.5 cm³/mol. The molecule has 1 atom stereocenters. The highest BCUT2D eigenvalue weighted by molar-refractivity contribution is 7.09. The van der Waals surface area contributed by atoms with E-state index in [-0.39, 0.29) is 11.5 Å². The Hall–Kier alpha value is -0.410. The van der Waals surface area contributed by atoms with Gasteiger partial charge in [0.05, 0.1) is 17.3 Å². The zero-order valence-corrected chi connectivity index (χ0v) is 9.60. The lowest BCUT2D eigenvalue weighted by atomic mass is 9.94. The van der Waals surface area contributed by atoms with Crippen LogP contribution in [0.3, 0.4) is 0 Å². The number of hydrogen-bond donors (Lipinski definition) is 1. The highest BCUT2D eigenvalue weighted by atomic mass is 32.1. The van der Waals surface area contributed by atoms with Crippen LogP contribution in [0.15, 0.2) is 5.51 Å². The lowest BCUT2D eigenvalue weighted by Gasteiger charge is -2.17. The van der Waals surface area contributed by atoms with Gasteiger partial charge in [0, 0.05) is 4.88 Å². The Balaban J connectivity index is 1.92. The van der Waals surface area contributed by atoms with Crippen molar-refractivity contribution in [2.75, 3.05) is 0 Å². The first-order valence-electron chi connectivity index (χ1n) is 5.21. The summed E-state index contributed by atoms with van der Waals surface area (Å²) in [6.45, 7) is 3.99. The van der Waals surface area contributed by atoms with Crippen LogP contribution >= 0.6 is 11.3 Å². The van der Waals surface area contributed by atoms with Crippen LogP contribution < -0.4 is 0 Å². The molecule has 0 radical (unpaired) electrons. The maximum absolute atomic E-state index is 9.63. The monoisotopic (exact) mass is 211 g/mol. The van der Waals surface area contributed by atoms with Gasteiger partial charge in [0.1, 0.15) is 0 Å². The summed E-state index contributed by atoms with van der Waals surface area (Å²) < 4.78 is 0. The van der Waals surface area contributed by atoms with Gasteiger partial charge in [0.15, 0.2) is 0 Å². The van der Waals surface area contributed by atoms with E-state index in [0.717, 1.165) is 18.5 Å². The van der Waals surface area contributed by atoms with E-state index in [2.05, 4.69) is 11.9 Å². The van der Waals surface area contributed by atoms with Gasteiger partial charge in [-0.3, -0.25) is 0 Å². The second-order valence-corrected chi connectivity index (χ2v) is 5.34. The van der Waals surface area contributed by atoms with Crippen molar-refractivity contribution < 1.29 is 5.11 Å². The molecule has 78 valence electrons. The number of aliphatic hydroxyl groups excluding tert-OH is 1. The Morgan fingerprint density at radius 1 is 1.64 bits per heavy atom. The van der Waals surface area contributed by atoms with Crippen LogP contribution in [0.25, 0.3) is 0 Å². The Labute approximate surface area is 89.0 Å². The van der Waals surface area contributed by atoms with Gasteiger partial charge < -0.3 is 5.11 Å². The first-order valence-corrected chi connectivity index (χ1v) is 6.09. The van der Waals surface area contributed by atoms with E-state index in [1.165, 1.54) is 17.7 Å². The largest absolute Gasteiger partial charge is 0.393 e. The third-order valence-corrected chi connectivity index (χ3v) is 4.47. The van der Waals surface area contributed by atoms with Crippen molar-refractivity contribution in [2.24, 2.45) is 5.41 Å². The first kappa shape index (κ1) is 10.1. The summed E-state index contributed by atoms with van der Waals surface area (Å²) in [6.07, 6.45) is 4.45. The Bertz CT molecular complexity index is 315. The number of thiazole rings is 1. The van der Waals surface area contributed by atoms with Crippen LogP contribution in [0.1, 0.15) is 36.8 Å². The predicted octanol–water partition coefficient (Wildman–Crippen LogP) is 2.55. The smallest absolute Gasteiger partial charge is 0.0797 e. The van der Waals surface area contributed by atoms with E-state index >= 15 is 0 Å². The highest BCUT2D eigenvalue weighted by Gasteiger charge is 2.46. The summed E-state index contributed by atoms with van der Waals surface area (Å²) >= 11 is 1.74. The summed E-state index contributed by atoms with van der Waals surface area (Å²) in [5.41, 5.74) is 3.32. The molecule has 1 aliphatic rings. The molecular weight excluding hydrogens is 194 g/mol. The van der Waals surface area contributed by atoms with Gasteiger partial charge in [-0.05, 0) is 44.9 Å². The number of hydrogen-bond acceptors (Lipinski definition) is 3. The fraction of sp³-hybridized carbons (Fsp3) is 0.727. The van der Waals surface area contributed by atoms with Gasteiger partial charge in [-0.1, -0.05) is 0 Å². The molecule has 2 nitrogen and oxygen atoms in total. The molecule has 0 saturated heterocycles. The SMILES string of the molecule is Cc1ncsc1CCC1(C(C)O)CC1. The zero-order chi connectivity index (χ0) is 10.2. The van der Waals surface area contributed by atoms with Crippen molar-refractivity contribution in [3.05, 3.63) is 16.1 Å². The summed E-state index contributed by atoms with van der Waals surface area (Å²) in [6, 6.07) is 0. The average molecular weight is 211 g/mol. The van der Waals surface area contributed by atoms with Gasteiger partial charge in [-0.2, -0.15) is 0 Å². The highest BCUT2D eigenvalue weighted by Crippen LogP contribution is 2.52. The fourth-order valence-electron chi connectivity index (χ4n) is 1.97. The van der Waals surface area contributed by atoms with Crippen LogP contribution in [-0.2, 0) is 6.42 Å². The number of aliphatic hydroxyl groups is 1. The molecule has 1 fully saturated rings. The van der Waals surface area contributed by atoms with Gasteiger partial charge in [-0.15, -0.1) is 11.3 Å². The molecule has 1 aliphatic carbocycles. The van der Waals surface area contributed by atoms with Crippen molar-refractivity contribution in [3.63, 3.8) is 0 Å². The third-order valence-electron chi connectivity index (χ3n) is 3.47. The molecule has 1 N–H and O–H groups in total. The molecule has 0 bridgehead atoms. The molecule has 1 saturated carbocycles. The topological polar surface area (TPSA) is 33.1 Å². The van der Waals surface area contributed by atoms with E-state index in [4.69, 9.17) is 0 Å². The molecule has 0 aromatic carbocycles. The summed E-state index contributed by atoms with van der Waals surface area (Å²) in [5, 5.41) is 9.63. The van der Waals surface area contributed by atoms with E-state index in [1.54, 1.807) is 11.3 Å². The molecule has 1 aromatic heterocycles. The zero-order valence-electron chi connectivity index (χ0n) is 8.79. The molecule has 0 amide bonds. The Kier molecular flexibility index (Phi) is 2.62. The lowest BCUT2D eigenvalue weighted by Crippen LogP contribution is -2.18. The number of nitrogens with zero attached hydrogens (tertiary/aromatic N) is 1. The molecule has 0 spiro atoms. The van der Waals surface area contributed by atoms with Crippen molar-refractivity contribution >= 4 is 11.3 Å². The molecule has 14 heavy (non-hydrogen) atoms. The molecule has 2 rings (SSSR count). The third kappa shape index (κ3) is 1.84. The molecule has 1 heterocycles. The molecular formula is C11H17NOS. The maximum atomic E-state index is 9.63. The fourth-order valence-corrected chi connectivity index (χ4v) is 2.75. The number of rotatable bonds is 4. The van der Waals surface area contributed by atoms with Gasteiger partial charge in [0.2, 0.25) is 0 Å². The van der Waals surface area contributed by atoms with E-state index in [0.29, 0.717) is 0 Å². The van der Waals surface area contributed by atoms with Crippen LogP contribution in [0.4, 0.5) is 0 Å². The quantitative estimate of drug-likeness (QED) is 0.830. The van der Waals surface area contributed by atoms with Crippen LogP contribution in [-0.4, -0.2) is 16.2 Å². The van der Waals surface area contributed by atoms with E-state index in [9.17, 15) is 5.11 Å². The Morgan fingerprint density at radius 3 is 2.79 bits per heavy atom. The minimum Gasteiger partial charge on any atom is -0.393 e. The minimum atomic E-state index is -0.143. The van der Waals surface area contributed by atoms with Crippen LogP contribution in [0.2, 0.25) is 0 Å². The maximum Gasteiger partial charge on any atom is 0.0797 e. The van der Waals surface area contributed by atoms with Gasteiger partial charge in [-0.25, -0.2) is 4.98 Å². The van der Waals surface area contributed by atoms with E-state index in [1.807, 2.05) is 12.4 Å². The van der Waals surface area contributed by atoms with E-state index < -0.39 is 0 Å². The van der Waals surface area contributed by atoms with Crippen molar-refractivity contribution in [1.82, 2.24) is 4.98 Å². The summed E-state index contributed by atoms with van der Waals surface area (Å²) in [7, 11) is 0. The molecule has 1 unspecified atom stereocenters. The summed E-state index contributed by atoms with van der Waals surface area (Å²) in [5.74, 6) is 0. The minimum absolute atomic E-state index is 0.143. The molecule has 1 aromatic rings. The number of aryl methyl sites for hydroxylation is 2. The van der Waals surface area contributed by atoms with Crippen LogP contribution in [0.5, 0.6) is 0 Å². The average Bonchev–Trinajstić information content (AvgIpc) is 2.83. The second-order valence-electron chi connectivity index (χ2n) is 4.40. The normalized spacial score (nSPS) is 20.8. The summed E-state index contributed by atoms with van der Waals surface area (Å²) in [4.78, 5) is 5.62. The van der Waals surface area contributed by atoms with Crippen molar-refractivity contribution in [1.29, 1.82) is 0 Å². The Morgan fingerprint density at radius 2 is 2.36 bits per heavy atom. The van der Waals surface area contributed by atoms with Crippen molar-refractivity contribution in [3.8, 4) is 0 Å². The van der Waals surface area contributed by atoms with Gasteiger partial charge in [0.25, 0.3) is 0 Å². The molecule has 3 heteroatoms. The first-order chi connectivity index (χ1) is 6.64. The standard InChI is InChI=1S/C11H17NOS/c1-8-10(14-7-12-8)3-4-11(5-6-11)9(2)13/h7,9,13H,3-6H2,1-2H3. The number of aromatic nitrogens is 1. The van der Waals surface area contributed by atoms with Crippen molar-refractivity contribution in [2.45, 2.75) is 45.6 Å². The molecule has 0 aliphatic heterocycles.